The molecule has 4 fully saturated rings. The van der Waals surface area contributed by atoms with Crippen molar-refractivity contribution in [1.82, 2.24) is 0 Å². The van der Waals surface area contributed by atoms with Gasteiger partial charge in [-0.1, -0.05) is 41.9 Å². The highest BCUT2D eigenvalue weighted by Crippen LogP contribution is 2.68. The third-order valence-electron chi connectivity index (χ3n) is 9.62. The zero-order chi connectivity index (χ0) is 18.0. The minimum atomic E-state index is -0.410. The van der Waals surface area contributed by atoms with Gasteiger partial charge in [0.15, 0.2) is 0 Å². The Hall–Kier alpha value is 0.180. The summed E-state index contributed by atoms with van der Waals surface area (Å²) < 4.78 is 0. The second kappa shape index (κ2) is 6.09. The first-order valence-electron chi connectivity index (χ1n) is 10.7. The lowest BCUT2D eigenvalue weighted by Gasteiger charge is -2.62. The van der Waals surface area contributed by atoms with Crippen LogP contribution in [-0.4, -0.2) is 16.0 Å². The summed E-state index contributed by atoms with van der Waals surface area (Å²) in [7, 11) is 0. The number of fused-ring (bicyclic) bond motifs is 5. The molecule has 8 atom stereocenters. The minimum Gasteiger partial charge on any atom is -0.390 e. The number of aliphatic hydroxyl groups is 1. The fourth-order valence-electron chi connectivity index (χ4n) is 8.19. The molecule has 0 heterocycles. The Balaban J connectivity index is 1.59. The van der Waals surface area contributed by atoms with Crippen LogP contribution in [-0.2, 0) is 0 Å². The number of hydrogen-bond donors (Lipinski definition) is 1. The van der Waals surface area contributed by atoms with Crippen molar-refractivity contribution in [2.75, 3.05) is 5.33 Å². The molecule has 0 spiro atoms. The van der Waals surface area contributed by atoms with Crippen LogP contribution in [0.1, 0.15) is 78.6 Å². The number of allylic oxidation sites excluding steroid dienone is 1. The van der Waals surface area contributed by atoms with Crippen LogP contribution in [0.15, 0.2) is 12.2 Å². The maximum Gasteiger partial charge on any atom is 0.0622 e. The Morgan fingerprint density at radius 3 is 2.40 bits per heavy atom. The second-order valence-electron chi connectivity index (χ2n) is 10.8. The quantitative estimate of drug-likeness (QED) is 0.416. The molecule has 1 N–H and O–H groups in total. The summed E-state index contributed by atoms with van der Waals surface area (Å²) in [6, 6.07) is 0. The summed E-state index contributed by atoms with van der Waals surface area (Å²) in [4.78, 5) is 0. The summed E-state index contributed by atoms with van der Waals surface area (Å²) in [6.07, 6.45) is 11.7. The third kappa shape index (κ3) is 2.72. The van der Waals surface area contributed by atoms with Gasteiger partial charge in [-0.2, -0.15) is 0 Å². The predicted octanol–water partition coefficient (Wildman–Crippen LogP) is 6.35. The van der Waals surface area contributed by atoms with Crippen LogP contribution < -0.4 is 0 Å². The molecule has 0 aromatic carbocycles. The van der Waals surface area contributed by atoms with E-state index in [0.717, 1.165) is 47.8 Å². The van der Waals surface area contributed by atoms with Crippen molar-refractivity contribution in [1.29, 1.82) is 0 Å². The Kier molecular flexibility index (Phi) is 4.52. The van der Waals surface area contributed by atoms with E-state index in [4.69, 9.17) is 0 Å². The molecule has 4 rings (SSSR count). The van der Waals surface area contributed by atoms with Crippen LogP contribution in [0.3, 0.4) is 0 Å². The van der Waals surface area contributed by atoms with E-state index in [1.165, 1.54) is 50.5 Å². The Morgan fingerprint density at radius 2 is 1.68 bits per heavy atom. The zero-order valence-corrected chi connectivity index (χ0v) is 18.1. The molecule has 4 aliphatic rings. The van der Waals surface area contributed by atoms with Crippen molar-refractivity contribution < 1.29 is 5.11 Å². The topological polar surface area (TPSA) is 20.2 Å². The normalized spacial score (nSPS) is 55.2. The van der Waals surface area contributed by atoms with Crippen LogP contribution in [0.25, 0.3) is 0 Å². The van der Waals surface area contributed by atoms with E-state index in [1.807, 2.05) is 0 Å². The standard InChI is InChI=1S/C23H37BrO/c1-15(14-24)18-7-8-19-17-6-5-16-13-21(2,25)11-12-22(16,3)20(17)9-10-23(18,19)4/h16-20,25H,1,5-14H2,2-4H3/t16-,17-,18+,19-,20-,21+,22-,23+/m0/s1. The van der Waals surface area contributed by atoms with Gasteiger partial charge >= 0.3 is 0 Å². The van der Waals surface area contributed by atoms with Crippen LogP contribution in [0.4, 0.5) is 0 Å². The lowest BCUT2D eigenvalue weighted by molar-refractivity contribution is -0.144. The molecule has 142 valence electrons. The van der Waals surface area contributed by atoms with Crippen molar-refractivity contribution >= 4 is 15.9 Å². The average molecular weight is 409 g/mol. The highest BCUT2D eigenvalue weighted by Gasteiger charge is 2.60. The van der Waals surface area contributed by atoms with Crippen molar-refractivity contribution in [3.05, 3.63) is 12.2 Å². The highest BCUT2D eigenvalue weighted by atomic mass is 79.9. The number of halogens is 1. The van der Waals surface area contributed by atoms with Crippen molar-refractivity contribution in [3.8, 4) is 0 Å². The van der Waals surface area contributed by atoms with Gasteiger partial charge in [0.2, 0.25) is 0 Å². The maximum atomic E-state index is 10.6. The SMILES string of the molecule is C=C(CBr)[C@H]1CC[C@H]2[C@@H]3CC[C@H]4C[C@](C)(O)CC[C@]4(C)[C@H]3CC[C@]12C. The Morgan fingerprint density at radius 1 is 0.960 bits per heavy atom. The van der Waals surface area contributed by atoms with Crippen LogP contribution in [0.2, 0.25) is 0 Å². The summed E-state index contributed by atoms with van der Waals surface area (Å²) in [5.41, 5.74) is 2.01. The Bertz CT molecular complexity index is 554. The number of hydrogen-bond acceptors (Lipinski definition) is 1. The molecule has 0 radical (unpaired) electrons. The predicted molar refractivity (Wildman–Crippen MR) is 109 cm³/mol. The molecular formula is C23H37BrO. The summed E-state index contributed by atoms with van der Waals surface area (Å²) >= 11 is 3.68. The molecule has 0 bridgehead atoms. The van der Waals surface area contributed by atoms with Gasteiger partial charge in [0.25, 0.3) is 0 Å². The van der Waals surface area contributed by atoms with Crippen LogP contribution in [0, 0.1) is 40.4 Å². The molecule has 0 aliphatic heterocycles. The van der Waals surface area contributed by atoms with Gasteiger partial charge in [-0.15, -0.1) is 0 Å². The van der Waals surface area contributed by atoms with Gasteiger partial charge in [-0.05, 0) is 105 Å². The maximum absolute atomic E-state index is 10.6. The molecule has 2 heteroatoms. The molecule has 1 nitrogen and oxygen atoms in total. The first kappa shape index (κ1) is 18.5. The van der Waals surface area contributed by atoms with Crippen molar-refractivity contribution in [3.63, 3.8) is 0 Å². The van der Waals surface area contributed by atoms with E-state index in [2.05, 4.69) is 43.3 Å². The molecule has 25 heavy (non-hydrogen) atoms. The first-order chi connectivity index (χ1) is 11.7. The van der Waals surface area contributed by atoms with Gasteiger partial charge in [0, 0.05) is 5.33 Å². The van der Waals surface area contributed by atoms with Gasteiger partial charge in [0.05, 0.1) is 5.60 Å². The van der Waals surface area contributed by atoms with Crippen LogP contribution in [0.5, 0.6) is 0 Å². The van der Waals surface area contributed by atoms with E-state index >= 15 is 0 Å². The molecule has 0 amide bonds. The highest BCUT2D eigenvalue weighted by molar-refractivity contribution is 9.09. The van der Waals surface area contributed by atoms with Crippen molar-refractivity contribution in [2.45, 2.75) is 84.2 Å². The molecule has 0 aromatic rings. The van der Waals surface area contributed by atoms with E-state index in [-0.39, 0.29) is 0 Å². The van der Waals surface area contributed by atoms with E-state index < -0.39 is 5.60 Å². The lowest BCUT2D eigenvalue weighted by Crippen LogP contribution is -2.55. The van der Waals surface area contributed by atoms with Gasteiger partial charge in [-0.25, -0.2) is 0 Å². The summed E-state index contributed by atoms with van der Waals surface area (Å²) in [5, 5.41) is 11.6. The monoisotopic (exact) mass is 408 g/mol. The third-order valence-corrected chi connectivity index (χ3v) is 10.3. The van der Waals surface area contributed by atoms with E-state index in [1.54, 1.807) is 0 Å². The molecule has 0 saturated heterocycles. The van der Waals surface area contributed by atoms with E-state index in [0.29, 0.717) is 10.8 Å². The lowest BCUT2D eigenvalue weighted by atomic mass is 9.44. The number of alkyl halides is 1. The molecule has 0 aromatic heterocycles. The first-order valence-corrected chi connectivity index (χ1v) is 11.8. The fraction of sp³-hybridized carbons (Fsp3) is 0.913. The number of rotatable bonds is 2. The largest absolute Gasteiger partial charge is 0.390 e. The molecular weight excluding hydrogens is 372 g/mol. The molecule has 4 aliphatic carbocycles. The zero-order valence-electron chi connectivity index (χ0n) is 16.5. The summed E-state index contributed by atoms with van der Waals surface area (Å²) in [6.45, 7) is 11.7. The van der Waals surface area contributed by atoms with Crippen molar-refractivity contribution in [2.24, 2.45) is 40.4 Å². The smallest absolute Gasteiger partial charge is 0.0622 e. The van der Waals surface area contributed by atoms with Gasteiger partial charge in [0.1, 0.15) is 0 Å². The second-order valence-corrected chi connectivity index (χ2v) is 11.4. The average Bonchev–Trinajstić information content (AvgIpc) is 2.92. The van der Waals surface area contributed by atoms with E-state index in [9.17, 15) is 5.11 Å². The van der Waals surface area contributed by atoms with Gasteiger partial charge < -0.3 is 5.11 Å². The minimum absolute atomic E-state index is 0.410. The molecule has 0 unspecified atom stereocenters. The van der Waals surface area contributed by atoms with Crippen LogP contribution >= 0.6 is 15.9 Å². The fourth-order valence-corrected chi connectivity index (χ4v) is 8.59. The summed E-state index contributed by atoms with van der Waals surface area (Å²) in [5.74, 6) is 4.21. The molecule has 4 saturated carbocycles. The Labute approximate surface area is 163 Å². The van der Waals surface area contributed by atoms with Gasteiger partial charge in [-0.3, -0.25) is 0 Å².